The molecule has 1 saturated carbocycles. The summed E-state index contributed by atoms with van der Waals surface area (Å²) in [5, 5.41) is 3.61. The van der Waals surface area contributed by atoms with Crippen molar-refractivity contribution in [2.45, 2.75) is 71.5 Å². The van der Waals surface area contributed by atoms with Crippen molar-refractivity contribution in [1.82, 2.24) is 10.2 Å². The maximum absolute atomic E-state index is 3.61. The molecule has 1 aliphatic carbocycles. The molecule has 0 amide bonds. The molecule has 1 N–H and O–H groups in total. The third kappa shape index (κ3) is 3.23. The zero-order chi connectivity index (χ0) is 12.4. The van der Waals surface area contributed by atoms with E-state index in [-0.39, 0.29) is 0 Å². The molecule has 17 heavy (non-hydrogen) atoms. The molecule has 2 heteroatoms. The van der Waals surface area contributed by atoms with Gasteiger partial charge >= 0.3 is 0 Å². The second kappa shape index (κ2) is 5.71. The Kier molecular flexibility index (Phi) is 4.48. The molecular weight excluding hydrogens is 208 g/mol. The highest BCUT2D eigenvalue weighted by atomic mass is 15.2. The molecule has 2 aliphatic rings. The van der Waals surface area contributed by atoms with Gasteiger partial charge in [0.1, 0.15) is 0 Å². The lowest BCUT2D eigenvalue weighted by atomic mass is 9.76. The highest BCUT2D eigenvalue weighted by Crippen LogP contribution is 2.36. The minimum Gasteiger partial charge on any atom is -0.314 e. The summed E-state index contributed by atoms with van der Waals surface area (Å²) in [5.41, 5.74) is 0. The van der Waals surface area contributed by atoms with E-state index in [1.165, 1.54) is 38.8 Å². The smallest absolute Gasteiger partial charge is 0.0139 e. The lowest BCUT2D eigenvalue weighted by Gasteiger charge is -2.50. The second-order valence-corrected chi connectivity index (χ2v) is 6.68. The van der Waals surface area contributed by atoms with Crippen LogP contribution < -0.4 is 5.32 Å². The van der Waals surface area contributed by atoms with E-state index in [0.29, 0.717) is 6.04 Å². The van der Waals surface area contributed by atoms with Gasteiger partial charge in [-0.25, -0.2) is 0 Å². The summed E-state index contributed by atoms with van der Waals surface area (Å²) in [4.78, 5) is 2.80. The van der Waals surface area contributed by atoms with Gasteiger partial charge in [-0.05, 0) is 57.5 Å². The number of piperidine rings is 1. The van der Waals surface area contributed by atoms with Gasteiger partial charge in [0.15, 0.2) is 0 Å². The number of likely N-dealkylation sites (tertiary alicyclic amines) is 1. The monoisotopic (exact) mass is 238 g/mol. The highest BCUT2D eigenvalue weighted by molar-refractivity contribution is 4.94. The molecule has 0 radical (unpaired) electrons. The van der Waals surface area contributed by atoms with Crippen LogP contribution in [0.3, 0.4) is 0 Å². The van der Waals surface area contributed by atoms with Crippen LogP contribution in [-0.2, 0) is 0 Å². The normalized spacial score (nSPS) is 39.4. The zero-order valence-electron chi connectivity index (χ0n) is 12.1. The minimum atomic E-state index is 0.634. The Bertz CT molecular complexity index is 239. The minimum absolute atomic E-state index is 0.634. The first-order valence-electron chi connectivity index (χ1n) is 7.57. The maximum Gasteiger partial charge on any atom is 0.0139 e. The Balaban J connectivity index is 1.81. The molecule has 4 atom stereocenters. The number of rotatable bonds is 4. The molecule has 1 heterocycles. The van der Waals surface area contributed by atoms with Crippen LogP contribution in [-0.4, -0.2) is 36.1 Å². The average molecular weight is 238 g/mol. The molecular formula is C15H30N2. The molecule has 0 aromatic rings. The Morgan fingerprint density at radius 3 is 2.47 bits per heavy atom. The Morgan fingerprint density at radius 1 is 1.18 bits per heavy atom. The molecule has 100 valence electrons. The summed E-state index contributed by atoms with van der Waals surface area (Å²) in [6.45, 7) is 11.9. The standard InChI is InChI=1S/C15H30N2/c1-11(2)16-10-14-5-6-15(14)17-8-7-12(3)9-13(17)4/h11-16H,5-10H2,1-4H3. The van der Waals surface area contributed by atoms with Gasteiger partial charge in [0.2, 0.25) is 0 Å². The van der Waals surface area contributed by atoms with E-state index in [0.717, 1.165) is 23.9 Å². The van der Waals surface area contributed by atoms with E-state index in [1.54, 1.807) is 0 Å². The third-order valence-electron chi connectivity index (χ3n) is 4.78. The van der Waals surface area contributed by atoms with Crippen molar-refractivity contribution in [3.8, 4) is 0 Å². The van der Waals surface area contributed by atoms with Crippen LogP contribution in [0.15, 0.2) is 0 Å². The molecule has 0 bridgehead atoms. The van der Waals surface area contributed by atoms with Crippen LogP contribution >= 0.6 is 0 Å². The van der Waals surface area contributed by atoms with Crippen molar-refractivity contribution in [2.75, 3.05) is 13.1 Å². The van der Waals surface area contributed by atoms with Gasteiger partial charge < -0.3 is 5.32 Å². The SMILES string of the molecule is CC1CCN(C2CCC2CNC(C)C)C(C)C1. The van der Waals surface area contributed by atoms with E-state index < -0.39 is 0 Å². The van der Waals surface area contributed by atoms with E-state index in [2.05, 4.69) is 37.9 Å². The number of hydrogen-bond acceptors (Lipinski definition) is 2. The Hall–Kier alpha value is -0.0800. The van der Waals surface area contributed by atoms with Crippen LogP contribution in [0.4, 0.5) is 0 Å². The zero-order valence-corrected chi connectivity index (χ0v) is 12.1. The van der Waals surface area contributed by atoms with Crippen LogP contribution in [0.1, 0.15) is 53.4 Å². The summed E-state index contributed by atoms with van der Waals surface area (Å²) >= 11 is 0. The lowest BCUT2D eigenvalue weighted by Crippen LogP contribution is -2.56. The van der Waals surface area contributed by atoms with E-state index in [9.17, 15) is 0 Å². The van der Waals surface area contributed by atoms with Crippen LogP contribution in [0.5, 0.6) is 0 Å². The number of nitrogens with zero attached hydrogens (tertiary/aromatic N) is 1. The Morgan fingerprint density at radius 2 is 1.94 bits per heavy atom. The van der Waals surface area contributed by atoms with Gasteiger partial charge in [-0.2, -0.15) is 0 Å². The van der Waals surface area contributed by atoms with Crippen molar-refractivity contribution in [3.63, 3.8) is 0 Å². The lowest BCUT2D eigenvalue weighted by molar-refractivity contribution is 0.00155. The summed E-state index contributed by atoms with van der Waals surface area (Å²) < 4.78 is 0. The molecule has 1 saturated heterocycles. The molecule has 0 spiro atoms. The van der Waals surface area contributed by atoms with Gasteiger partial charge in [-0.1, -0.05) is 20.8 Å². The van der Waals surface area contributed by atoms with Gasteiger partial charge in [0.25, 0.3) is 0 Å². The van der Waals surface area contributed by atoms with E-state index in [1.807, 2.05) is 0 Å². The van der Waals surface area contributed by atoms with Crippen molar-refractivity contribution < 1.29 is 0 Å². The van der Waals surface area contributed by atoms with E-state index >= 15 is 0 Å². The van der Waals surface area contributed by atoms with Crippen molar-refractivity contribution in [2.24, 2.45) is 11.8 Å². The van der Waals surface area contributed by atoms with Crippen LogP contribution in [0.25, 0.3) is 0 Å². The second-order valence-electron chi connectivity index (χ2n) is 6.68. The summed E-state index contributed by atoms with van der Waals surface area (Å²) in [6, 6.07) is 2.32. The molecule has 2 fully saturated rings. The fourth-order valence-corrected chi connectivity index (χ4v) is 3.53. The summed E-state index contributed by atoms with van der Waals surface area (Å²) in [6.07, 6.45) is 5.68. The van der Waals surface area contributed by atoms with Gasteiger partial charge in [-0.3, -0.25) is 4.90 Å². The summed E-state index contributed by atoms with van der Waals surface area (Å²) in [7, 11) is 0. The molecule has 0 aromatic heterocycles. The quantitative estimate of drug-likeness (QED) is 0.810. The summed E-state index contributed by atoms with van der Waals surface area (Å²) in [5.74, 6) is 1.85. The van der Waals surface area contributed by atoms with Crippen LogP contribution in [0, 0.1) is 11.8 Å². The molecule has 4 unspecified atom stereocenters. The first-order valence-corrected chi connectivity index (χ1v) is 7.57. The van der Waals surface area contributed by atoms with Crippen LogP contribution in [0.2, 0.25) is 0 Å². The first kappa shape index (κ1) is 13.4. The van der Waals surface area contributed by atoms with Crippen molar-refractivity contribution >= 4 is 0 Å². The average Bonchev–Trinajstić information content (AvgIpc) is 2.20. The largest absolute Gasteiger partial charge is 0.314 e. The van der Waals surface area contributed by atoms with Gasteiger partial charge in [0.05, 0.1) is 0 Å². The fourth-order valence-electron chi connectivity index (χ4n) is 3.53. The molecule has 1 aliphatic heterocycles. The topological polar surface area (TPSA) is 15.3 Å². The maximum atomic E-state index is 3.61. The fraction of sp³-hybridized carbons (Fsp3) is 1.00. The highest BCUT2D eigenvalue weighted by Gasteiger charge is 2.38. The molecule has 2 nitrogen and oxygen atoms in total. The number of nitrogens with one attached hydrogen (secondary N) is 1. The predicted octanol–water partition coefficient (Wildman–Crippen LogP) is 2.88. The Labute approximate surface area is 107 Å². The predicted molar refractivity (Wildman–Crippen MR) is 74.2 cm³/mol. The van der Waals surface area contributed by atoms with Gasteiger partial charge in [0, 0.05) is 18.1 Å². The number of hydrogen-bond donors (Lipinski definition) is 1. The molecule has 2 rings (SSSR count). The first-order chi connectivity index (χ1) is 8.08. The third-order valence-corrected chi connectivity index (χ3v) is 4.78. The van der Waals surface area contributed by atoms with E-state index in [4.69, 9.17) is 0 Å². The van der Waals surface area contributed by atoms with Crippen molar-refractivity contribution in [1.29, 1.82) is 0 Å². The molecule has 0 aromatic carbocycles. The van der Waals surface area contributed by atoms with Gasteiger partial charge in [-0.15, -0.1) is 0 Å². The van der Waals surface area contributed by atoms with Crippen molar-refractivity contribution in [3.05, 3.63) is 0 Å².